The van der Waals surface area contributed by atoms with Crippen molar-refractivity contribution < 1.29 is 18.3 Å². The van der Waals surface area contributed by atoms with Crippen molar-refractivity contribution in [2.24, 2.45) is 12.5 Å². The van der Waals surface area contributed by atoms with Gasteiger partial charge in [0.25, 0.3) is 0 Å². The van der Waals surface area contributed by atoms with Gasteiger partial charge in [-0.2, -0.15) is 13.2 Å². The maximum Gasteiger partial charge on any atom is 0.416 e. The number of hydrogen-bond acceptors (Lipinski definition) is 6. The van der Waals surface area contributed by atoms with Crippen molar-refractivity contribution in [1.82, 2.24) is 25.0 Å². The first-order valence-electron chi connectivity index (χ1n) is 12.5. The summed E-state index contributed by atoms with van der Waals surface area (Å²) >= 11 is 1.72. The Morgan fingerprint density at radius 3 is 2.69 bits per heavy atom. The first-order valence-corrected chi connectivity index (χ1v) is 13.4. The SMILES string of the molecule is Cn1c(SCCCN2CC[C@]3(C[C@@H]3c3ccc(C(F)(F)F)cc3)C2)nnc1C1CCNC(C)(O)C1. The van der Waals surface area contributed by atoms with Gasteiger partial charge in [-0.1, -0.05) is 23.9 Å². The first-order chi connectivity index (χ1) is 16.6. The number of piperidine rings is 1. The number of halogens is 3. The molecular formula is C25H34F3N5OS. The Hall–Kier alpha value is -1.62. The van der Waals surface area contributed by atoms with Crippen LogP contribution in [0, 0.1) is 5.41 Å². The Balaban J connectivity index is 1.07. The van der Waals surface area contributed by atoms with E-state index in [4.69, 9.17) is 0 Å². The summed E-state index contributed by atoms with van der Waals surface area (Å²) in [7, 11) is 2.01. The predicted octanol–water partition coefficient (Wildman–Crippen LogP) is 4.37. The molecule has 3 fully saturated rings. The van der Waals surface area contributed by atoms with Crippen molar-refractivity contribution in [3.8, 4) is 0 Å². The first kappa shape index (κ1) is 25.0. The monoisotopic (exact) mass is 509 g/mol. The number of likely N-dealkylation sites (tertiary alicyclic amines) is 1. The zero-order valence-electron chi connectivity index (χ0n) is 20.3. The standard InChI is InChI=1S/C25H34F3N5OS/c1-23(34)14-18(8-10-29-23)21-30-31-22(32(21)2)35-13-3-11-33-12-9-24(16-33)15-20(24)17-4-6-19(7-5-17)25(26,27)28/h4-7,18,20,29,34H,3,8-16H2,1-2H3/t18?,20-,23?,24+/m1/s1. The van der Waals surface area contributed by atoms with E-state index < -0.39 is 17.5 Å². The number of rotatable bonds is 7. The Morgan fingerprint density at radius 2 is 1.97 bits per heavy atom. The quantitative estimate of drug-likeness (QED) is 0.427. The van der Waals surface area contributed by atoms with Gasteiger partial charge in [-0.15, -0.1) is 10.2 Å². The summed E-state index contributed by atoms with van der Waals surface area (Å²) in [5.41, 5.74) is -0.132. The lowest BCUT2D eigenvalue weighted by molar-refractivity contribution is -0.137. The average molecular weight is 510 g/mol. The maximum atomic E-state index is 12.8. The largest absolute Gasteiger partial charge is 0.416 e. The number of benzene rings is 1. The molecule has 35 heavy (non-hydrogen) atoms. The van der Waals surface area contributed by atoms with E-state index in [0.717, 1.165) is 74.2 Å². The van der Waals surface area contributed by atoms with E-state index in [-0.39, 0.29) is 11.3 Å². The Bertz CT molecular complexity index is 1040. The highest BCUT2D eigenvalue weighted by molar-refractivity contribution is 7.99. The molecule has 1 spiro atoms. The molecule has 0 bridgehead atoms. The van der Waals surface area contributed by atoms with Crippen LogP contribution < -0.4 is 5.32 Å². The van der Waals surface area contributed by atoms with Crippen molar-refractivity contribution in [3.05, 3.63) is 41.2 Å². The second-order valence-electron chi connectivity index (χ2n) is 10.8. The maximum absolute atomic E-state index is 12.8. The number of nitrogens with zero attached hydrogens (tertiary/aromatic N) is 4. The van der Waals surface area contributed by atoms with Crippen molar-refractivity contribution in [3.63, 3.8) is 0 Å². The minimum atomic E-state index is -4.28. The van der Waals surface area contributed by atoms with Crippen LogP contribution in [0.2, 0.25) is 0 Å². The number of aromatic nitrogens is 3. The summed E-state index contributed by atoms with van der Waals surface area (Å²) in [6, 6.07) is 5.77. The van der Waals surface area contributed by atoms with Crippen LogP contribution in [-0.2, 0) is 13.2 Å². The van der Waals surface area contributed by atoms with E-state index in [1.54, 1.807) is 30.8 Å². The number of aliphatic hydroxyl groups is 1. The van der Waals surface area contributed by atoms with Gasteiger partial charge >= 0.3 is 6.18 Å². The van der Waals surface area contributed by atoms with Gasteiger partial charge < -0.3 is 14.6 Å². The summed E-state index contributed by atoms with van der Waals surface area (Å²) in [4.78, 5) is 2.50. The fourth-order valence-corrected chi connectivity index (χ4v) is 6.84. The normalized spacial score (nSPS) is 31.4. The predicted molar refractivity (Wildman–Crippen MR) is 129 cm³/mol. The molecule has 1 aromatic heterocycles. The molecular weight excluding hydrogens is 475 g/mol. The summed E-state index contributed by atoms with van der Waals surface area (Å²) in [6.07, 6.45) is 0.552. The lowest BCUT2D eigenvalue weighted by Gasteiger charge is -2.34. The molecule has 1 saturated carbocycles. The van der Waals surface area contributed by atoms with E-state index >= 15 is 0 Å². The number of thioether (sulfide) groups is 1. The zero-order chi connectivity index (χ0) is 24.8. The fraction of sp³-hybridized carbons (Fsp3) is 0.680. The minimum Gasteiger partial charge on any atom is -0.376 e. The average Bonchev–Trinajstić information content (AvgIpc) is 3.14. The van der Waals surface area contributed by atoms with Crippen LogP contribution in [0.15, 0.2) is 29.4 Å². The Labute approximate surface area is 208 Å². The zero-order valence-corrected chi connectivity index (χ0v) is 21.1. The third-order valence-corrected chi connectivity index (χ3v) is 9.13. The van der Waals surface area contributed by atoms with Crippen LogP contribution in [0.1, 0.15) is 67.8 Å². The van der Waals surface area contributed by atoms with E-state index in [1.165, 1.54) is 12.1 Å². The van der Waals surface area contributed by atoms with Crippen molar-refractivity contribution in [1.29, 1.82) is 0 Å². The molecule has 2 unspecified atom stereocenters. The van der Waals surface area contributed by atoms with E-state index in [2.05, 4.69) is 25.0 Å². The van der Waals surface area contributed by atoms with Crippen molar-refractivity contribution in [2.45, 2.75) is 67.9 Å². The van der Waals surface area contributed by atoms with Crippen molar-refractivity contribution >= 4 is 11.8 Å². The van der Waals surface area contributed by atoms with E-state index in [1.807, 2.05) is 7.05 Å². The smallest absolute Gasteiger partial charge is 0.376 e. The fourth-order valence-electron chi connectivity index (χ4n) is 6.00. The van der Waals surface area contributed by atoms with Crippen LogP contribution in [-0.4, -0.2) is 62.4 Å². The molecule has 192 valence electrons. The molecule has 2 N–H and O–H groups in total. The van der Waals surface area contributed by atoms with Crippen LogP contribution in [0.5, 0.6) is 0 Å². The highest BCUT2D eigenvalue weighted by Gasteiger charge is 2.57. The van der Waals surface area contributed by atoms with E-state index in [9.17, 15) is 18.3 Å². The molecule has 10 heteroatoms. The Morgan fingerprint density at radius 1 is 1.20 bits per heavy atom. The van der Waals surface area contributed by atoms with Crippen LogP contribution in [0.3, 0.4) is 0 Å². The lowest BCUT2D eigenvalue weighted by Crippen LogP contribution is -2.48. The molecule has 1 aliphatic carbocycles. The molecule has 2 aliphatic heterocycles. The number of hydrogen-bond donors (Lipinski definition) is 2. The molecule has 6 nitrogen and oxygen atoms in total. The highest BCUT2D eigenvalue weighted by Crippen LogP contribution is 2.64. The molecule has 3 aliphatic rings. The van der Waals surface area contributed by atoms with Crippen LogP contribution in [0.25, 0.3) is 0 Å². The molecule has 5 rings (SSSR count). The van der Waals surface area contributed by atoms with Gasteiger partial charge in [-0.05, 0) is 87.7 Å². The summed E-state index contributed by atoms with van der Waals surface area (Å²) in [5, 5.41) is 23.2. The molecule has 3 heterocycles. The van der Waals surface area contributed by atoms with Gasteiger partial charge in [0.05, 0.1) is 5.56 Å². The van der Waals surface area contributed by atoms with Crippen LogP contribution >= 0.6 is 11.8 Å². The summed E-state index contributed by atoms with van der Waals surface area (Å²) < 4.78 is 40.6. The van der Waals surface area contributed by atoms with Gasteiger partial charge in [-0.3, -0.25) is 5.32 Å². The second-order valence-corrected chi connectivity index (χ2v) is 11.8. The second kappa shape index (κ2) is 9.36. The minimum absolute atomic E-state index is 0.204. The van der Waals surface area contributed by atoms with E-state index in [0.29, 0.717) is 12.3 Å². The summed E-state index contributed by atoms with van der Waals surface area (Å²) in [5.74, 6) is 2.49. The van der Waals surface area contributed by atoms with Gasteiger partial charge in [0.1, 0.15) is 11.5 Å². The molecule has 1 aromatic carbocycles. The molecule has 0 radical (unpaired) electrons. The van der Waals surface area contributed by atoms with Crippen molar-refractivity contribution in [2.75, 3.05) is 31.9 Å². The third kappa shape index (κ3) is 5.40. The van der Waals surface area contributed by atoms with Gasteiger partial charge in [0.15, 0.2) is 5.16 Å². The third-order valence-electron chi connectivity index (χ3n) is 8.02. The molecule has 2 aromatic rings. The molecule has 4 atom stereocenters. The van der Waals surface area contributed by atoms with Gasteiger partial charge in [-0.25, -0.2) is 0 Å². The van der Waals surface area contributed by atoms with Crippen LogP contribution in [0.4, 0.5) is 13.2 Å². The number of alkyl halides is 3. The topological polar surface area (TPSA) is 66.2 Å². The molecule has 2 saturated heterocycles. The lowest BCUT2D eigenvalue weighted by atomic mass is 9.90. The highest BCUT2D eigenvalue weighted by atomic mass is 32.2. The Kier molecular flexibility index (Phi) is 6.69. The molecule has 0 amide bonds. The summed E-state index contributed by atoms with van der Waals surface area (Å²) in [6.45, 7) is 5.69. The number of nitrogens with one attached hydrogen (secondary N) is 1. The van der Waals surface area contributed by atoms with Gasteiger partial charge in [0.2, 0.25) is 0 Å². The van der Waals surface area contributed by atoms with Gasteiger partial charge in [0, 0.05) is 25.3 Å².